The average Bonchev–Trinajstić information content (AvgIpc) is 3.38. The van der Waals surface area contributed by atoms with Gasteiger partial charge in [-0.25, -0.2) is 0 Å². The van der Waals surface area contributed by atoms with E-state index in [4.69, 9.17) is 4.42 Å². The van der Waals surface area contributed by atoms with Gasteiger partial charge in [0.15, 0.2) is 0 Å². The maximum atomic E-state index is 12.7. The zero-order chi connectivity index (χ0) is 19.5. The molecule has 3 amide bonds. The predicted octanol–water partition coefficient (Wildman–Crippen LogP) is 1.97. The molecule has 0 spiro atoms. The van der Waals surface area contributed by atoms with Gasteiger partial charge in [-0.05, 0) is 29.8 Å². The fraction of sp³-hybridized carbons (Fsp3) is 0.350. The summed E-state index contributed by atoms with van der Waals surface area (Å²) in [7, 11) is 0. The van der Waals surface area contributed by atoms with Crippen LogP contribution in [0.1, 0.15) is 27.1 Å². The number of carbonyl (C=O) groups is 3. The van der Waals surface area contributed by atoms with Crippen molar-refractivity contribution >= 4 is 30.0 Å². The largest absolute Gasteiger partial charge is 0.467 e. The van der Waals surface area contributed by atoms with Gasteiger partial charge in [0.1, 0.15) is 11.1 Å². The molecule has 0 bridgehead atoms. The van der Waals surface area contributed by atoms with E-state index in [1.807, 2.05) is 36.4 Å². The highest BCUT2D eigenvalue weighted by Gasteiger charge is 2.33. The highest BCUT2D eigenvalue weighted by Crippen LogP contribution is 2.39. The summed E-state index contributed by atoms with van der Waals surface area (Å²) in [4.78, 5) is 41.0. The van der Waals surface area contributed by atoms with Crippen molar-refractivity contribution < 1.29 is 18.8 Å². The molecule has 2 fully saturated rings. The van der Waals surface area contributed by atoms with Crippen molar-refractivity contribution in [3.8, 4) is 0 Å². The number of furan rings is 1. The third-order valence-corrected chi connectivity index (χ3v) is 6.32. The molecule has 0 saturated carbocycles. The lowest BCUT2D eigenvalue weighted by atomic mass is 10.1. The lowest BCUT2D eigenvalue weighted by Gasteiger charge is -2.32. The van der Waals surface area contributed by atoms with E-state index >= 15 is 0 Å². The number of nitrogens with zero attached hydrogens (tertiary/aromatic N) is 3. The number of hydrogen-bond donors (Lipinski definition) is 0. The molecule has 146 valence electrons. The average molecular weight is 399 g/mol. The van der Waals surface area contributed by atoms with Gasteiger partial charge in [0.2, 0.25) is 12.3 Å². The number of rotatable bonds is 5. The number of amides is 3. The molecule has 7 nitrogen and oxygen atoms in total. The zero-order valence-electron chi connectivity index (χ0n) is 15.3. The summed E-state index contributed by atoms with van der Waals surface area (Å²) in [5.41, 5.74) is 1.61. The fourth-order valence-electron chi connectivity index (χ4n) is 3.47. The normalized spacial score (nSPS) is 19.9. The van der Waals surface area contributed by atoms with E-state index in [1.165, 1.54) is 0 Å². The van der Waals surface area contributed by atoms with Gasteiger partial charge in [0.05, 0.1) is 18.6 Å². The van der Waals surface area contributed by atoms with Crippen LogP contribution in [0.4, 0.5) is 0 Å². The fourth-order valence-corrected chi connectivity index (χ4v) is 4.66. The van der Waals surface area contributed by atoms with E-state index in [0.717, 1.165) is 17.7 Å². The molecule has 2 aliphatic rings. The first-order valence-electron chi connectivity index (χ1n) is 9.18. The summed E-state index contributed by atoms with van der Waals surface area (Å²) < 4.78 is 5.38. The molecule has 0 N–H and O–H groups in total. The van der Waals surface area contributed by atoms with Crippen molar-refractivity contribution in [1.82, 2.24) is 14.7 Å². The van der Waals surface area contributed by atoms with Crippen LogP contribution in [0.2, 0.25) is 0 Å². The summed E-state index contributed by atoms with van der Waals surface area (Å²) in [6.45, 7) is 2.66. The van der Waals surface area contributed by atoms with Crippen LogP contribution in [0, 0.1) is 0 Å². The van der Waals surface area contributed by atoms with Gasteiger partial charge in [-0.1, -0.05) is 12.1 Å². The summed E-state index contributed by atoms with van der Waals surface area (Å²) in [6.07, 6.45) is 2.43. The molecule has 0 aliphatic carbocycles. The van der Waals surface area contributed by atoms with Gasteiger partial charge in [-0.2, -0.15) is 0 Å². The Balaban J connectivity index is 1.44. The molecule has 2 aromatic rings. The molecule has 0 radical (unpaired) electrons. The Bertz CT molecular complexity index is 845. The first kappa shape index (κ1) is 18.6. The molecule has 4 rings (SSSR count). The topological polar surface area (TPSA) is 74.1 Å². The van der Waals surface area contributed by atoms with Crippen LogP contribution in [0.25, 0.3) is 0 Å². The lowest BCUT2D eigenvalue weighted by molar-refractivity contribution is -0.128. The Morgan fingerprint density at radius 1 is 1.14 bits per heavy atom. The molecular formula is C20H21N3O4S. The Hall–Kier alpha value is -2.74. The van der Waals surface area contributed by atoms with Gasteiger partial charge in [-0.3, -0.25) is 14.4 Å². The van der Waals surface area contributed by atoms with E-state index in [-0.39, 0.29) is 17.2 Å². The minimum Gasteiger partial charge on any atom is -0.467 e. The van der Waals surface area contributed by atoms with Gasteiger partial charge in [0.25, 0.3) is 5.91 Å². The second kappa shape index (κ2) is 8.10. The Morgan fingerprint density at radius 2 is 1.89 bits per heavy atom. The van der Waals surface area contributed by atoms with E-state index in [0.29, 0.717) is 44.0 Å². The van der Waals surface area contributed by atoms with Crippen LogP contribution < -0.4 is 0 Å². The first-order chi connectivity index (χ1) is 13.7. The summed E-state index contributed by atoms with van der Waals surface area (Å²) in [5, 5.41) is -0.0853. The molecular weight excluding hydrogens is 378 g/mol. The van der Waals surface area contributed by atoms with Crippen LogP contribution in [0.15, 0.2) is 47.1 Å². The van der Waals surface area contributed by atoms with Crippen molar-refractivity contribution in [2.24, 2.45) is 0 Å². The number of thioether (sulfide) groups is 1. The molecule has 1 aromatic heterocycles. The van der Waals surface area contributed by atoms with Gasteiger partial charge < -0.3 is 19.1 Å². The van der Waals surface area contributed by atoms with Crippen LogP contribution >= 0.6 is 11.8 Å². The van der Waals surface area contributed by atoms with Gasteiger partial charge in [0, 0.05) is 31.7 Å². The first-order valence-corrected chi connectivity index (χ1v) is 10.2. The van der Waals surface area contributed by atoms with Crippen molar-refractivity contribution in [3.63, 3.8) is 0 Å². The predicted molar refractivity (Wildman–Crippen MR) is 104 cm³/mol. The standard InChI is InChI=1S/C20H21N3O4S/c24-14-21-7-9-22(10-8-21)19(26)15-3-5-16(6-4-15)20-23(18(25)13-28-20)12-17-2-1-11-27-17/h1-6,11,14,20H,7-10,12-13H2/t20-/m1/s1. The number of benzene rings is 1. The van der Waals surface area contributed by atoms with Crippen LogP contribution in [-0.4, -0.2) is 64.9 Å². The Labute approximate surface area is 167 Å². The second-order valence-electron chi connectivity index (χ2n) is 6.82. The number of piperazine rings is 1. The highest BCUT2D eigenvalue weighted by atomic mass is 32.2. The maximum absolute atomic E-state index is 12.7. The van der Waals surface area contributed by atoms with Crippen molar-refractivity contribution in [3.05, 3.63) is 59.5 Å². The molecule has 28 heavy (non-hydrogen) atoms. The quantitative estimate of drug-likeness (QED) is 0.719. The van der Waals surface area contributed by atoms with Crippen molar-refractivity contribution in [2.75, 3.05) is 31.9 Å². The van der Waals surface area contributed by atoms with Crippen molar-refractivity contribution in [2.45, 2.75) is 11.9 Å². The highest BCUT2D eigenvalue weighted by molar-refractivity contribution is 8.00. The number of carbonyl (C=O) groups excluding carboxylic acids is 3. The zero-order valence-corrected chi connectivity index (χ0v) is 16.1. The number of hydrogen-bond acceptors (Lipinski definition) is 5. The molecule has 3 heterocycles. The van der Waals surface area contributed by atoms with E-state index < -0.39 is 0 Å². The smallest absolute Gasteiger partial charge is 0.253 e. The van der Waals surface area contributed by atoms with Crippen molar-refractivity contribution in [1.29, 1.82) is 0 Å². The molecule has 2 aliphatic heterocycles. The van der Waals surface area contributed by atoms with Gasteiger partial charge in [-0.15, -0.1) is 11.8 Å². The van der Waals surface area contributed by atoms with Crippen LogP contribution in [0.5, 0.6) is 0 Å². The Kier molecular flexibility index (Phi) is 5.38. The molecule has 2 saturated heterocycles. The molecule has 1 atom stereocenters. The SMILES string of the molecule is O=CN1CCN(C(=O)c2ccc([C@H]3SCC(=O)N3Cc3ccco3)cc2)CC1. The summed E-state index contributed by atoms with van der Waals surface area (Å²) in [6, 6.07) is 11.1. The monoisotopic (exact) mass is 399 g/mol. The minimum atomic E-state index is -0.0853. The van der Waals surface area contributed by atoms with Crippen LogP contribution in [-0.2, 0) is 16.1 Å². The molecule has 0 unspecified atom stereocenters. The van der Waals surface area contributed by atoms with E-state index in [9.17, 15) is 14.4 Å². The van der Waals surface area contributed by atoms with Gasteiger partial charge >= 0.3 is 0 Å². The van der Waals surface area contributed by atoms with Crippen LogP contribution in [0.3, 0.4) is 0 Å². The molecule has 8 heteroatoms. The van der Waals surface area contributed by atoms with E-state index in [1.54, 1.807) is 32.7 Å². The Morgan fingerprint density at radius 3 is 2.54 bits per heavy atom. The second-order valence-corrected chi connectivity index (χ2v) is 7.89. The third kappa shape index (κ3) is 3.77. The lowest BCUT2D eigenvalue weighted by Crippen LogP contribution is -2.48. The summed E-state index contributed by atoms with van der Waals surface area (Å²) >= 11 is 1.58. The minimum absolute atomic E-state index is 0.0281. The summed E-state index contributed by atoms with van der Waals surface area (Å²) in [5.74, 6) is 1.24. The van der Waals surface area contributed by atoms with E-state index in [2.05, 4.69) is 0 Å². The third-order valence-electron chi connectivity index (χ3n) is 5.07. The molecule has 1 aromatic carbocycles. The maximum Gasteiger partial charge on any atom is 0.253 e.